The number of ketones is 3. The van der Waals surface area contributed by atoms with Gasteiger partial charge in [-0.1, -0.05) is 12.1 Å². The van der Waals surface area contributed by atoms with Crippen LogP contribution in [0, 0.1) is 0 Å². The number of halogens is 1. The van der Waals surface area contributed by atoms with Crippen LogP contribution in [0.25, 0.3) is 0 Å². The van der Waals surface area contributed by atoms with Crippen LogP contribution in [0.4, 0.5) is 0 Å². The van der Waals surface area contributed by atoms with Crippen molar-refractivity contribution in [3.63, 3.8) is 0 Å². The second-order valence-corrected chi connectivity index (χ2v) is 10.2. The smallest absolute Gasteiger partial charge is 0.202 e. The Morgan fingerprint density at radius 3 is 2.45 bits per heavy atom. The first-order valence-corrected chi connectivity index (χ1v) is 12.4. The first-order chi connectivity index (χ1) is 18.4. The maximum atomic E-state index is 13.7. The van der Waals surface area contributed by atoms with E-state index in [1.165, 1.54) is 18.2 Å². The van der Waals surface area contributed by atoms with Crippen LogP contribution in [0.3, 0.4) is 0 Å². The molecule has 12 nitrogen and oxygen atoms in total. The van der Waals surface area contributed by atoms with Crippen LogP contribution in [0.15, 0.2) is 18.2 Å². The molecule has 2 aliphatic carbocycles. The number of carbonyl (C=O) groups is 3. The SMILES string of the molecule is CC(=O)[C@]1(O)Cc2c(O)c3c(c(O)c2[C@@H](OC2CC(N)C(O)C(C)O2)C1)C(=O)c1c(OCO)cccc1C3=O.Cl. The van der Waals surface area contributed by atoms with Gasteiger partial charge in [0.05, 0.1) is 35.0 Å². The minimum Gasteiger partial charge on any atom is -0.507 e. The van der Waals surface area contributed by atoms with Gasteiger partial charge in [0, 0.05) is 42.0 Å². The van der Waals surface area contributed by atoms with E-state index in [4.69, 9.17) is 19.9 Å². The van der Waals surface area contributed by atoms with Crippen molar-refractivity contribution in [1.82, 2.24) is 0 Å². The van der Waals surface area contributed by atoms with Gasteiger partial charge in [-0.15, -0.1) is 12.4 Å². The Morgan fingerprint density at radius 2 is 1.82 bits per heavy atom. The summed E-state index contributed by atoms with van der Waals surface area (Å²) in [6.07, 6.45) is -4.73. The van der Waals surface area contributed by atoms with Crippen molar-refractivity contribution < 1.29 is 54.1 Å². The molecule has 1 fully saturated rings. The van der Waals surface area contributed by atoms with Crippen molar-refractivity contribution in [2.45, 2.75) is 69.4 Å². The lowest BCUT2D eigenvalue weighted by Crippen LogP contribution is -2.52. The maximum absolute atomic E-state index is 13.7. The number of Topliss-reactive ketones (excluding diaryl/α,β-unsaturated/α-hetero) is 1. The molecule has 0 bridgehead atoms. The lowest BCUT2D eigenvalue weighted by molar-refractivity contribution is -0.247. The number of fused-ring (bicyclic) bond motifs is 3. The summed E-state index contributed by atoms with van der Waals surface area (Å²) in [4.78, 5) is 39.7. The van der Waals surface area contributed by atoms with Crippen LogP contribution in [0.2, 0.25) is 0 Å². The zero-order valence-corrected chi connectivity index (χ0v) is 22.4. The summed E-state index contributed by atoms with van der Waals surface area (Å²) in [6.45, 7) is 1.98. The Balaban J connectivity index is 0.00000370. The molecule has 6 atom stereocenters. The third kappa shape index (κ3) is 4.55. The molecule has 1 aliphatic heterocycles. The number of benzene rings is 2. The van der Waals surface area contributed by atoms with Gasteiger partial charge in [-0.05, 0) is 19.9 Å². The van der Waals surface area contributed by atoms with Gasteiger partial charge in [-0.25, -0.2) is 0 Å². The Morgan fingerprint density at radius 1 is 1.15 bits per heavy atom. The number of carbonyl (C=O) groups excluding carboxylic acids is 3. The molecule has 0 amide bonds. The van der Waals surface area contributed by atoms with Gasteiger partial charge in [0.2, 0.25) is 5.78 Å². The van der Waals surface area contributed by atoms with Gasteiger partial charge in [0.1, 0.15) is 22.8 Å². The highest BCUT2D eigenvalue weighted by molar-refractivity contribution is 6.31. The molecular weight excluding hydrogens is 550 g/mol. The summed E-state index contributed by atoms with van der Waals surface area (Å²) in [6, 6.07) is 3.44. The second-order valence-electron chi connectivity index (χ2n) is 10.2. The molecule has 2 aromatic rings. The summed E-state index contributed by atoms with van der Waals surface area (Å²) in [5, 5.41) is 53.4. The van der Waals surface area contributed by atoms with Crippen LogP contribution in [-0.2, 0) is 20.7 Å². The fraction of sp³-hybridized carbons (Fsp3) is 0.444. The fourth-order valence-corrected chi connectivity index (χ4v) is 5.68. The zero-order chi connectivity index (χ0) is 28.4. The van der Waals surface area contributed by atoms with E-state index in [1.54, 1.807) is 6.92 Å². The summed E-state index contributed by atoms with van der Waals surface area (Å²) >= 11 is 0. The minimum absolute atomic E-state index is 0. The van der Waals surface area contributed by atoms with Gasteiger partial charge in [-0.2, -0.15) is 0 Å². The van der Waals surface area contributed by atoms with Crippen molar-refractivity contribution in [3.8, 4) is 17.2 Å². The number of ether oxygens (including phenoxy) is 3. The van der Waals surface area contributed by atoms with Gasteiger partial charge in [0.15, 0.2) is 24.6 Å². The highest BCUT2D eigenvalue weighted by Crippen LogP contribution is 2.52. The number of phenols is 2. The monoisotopic (exact) mass is 579 g/mol. The average molecular weight is 580 g/mol. The lowest BCUT2D eigenvalue weighted by Gasteiger charge is -2.42. The Kier molecular flexibility index (Phi) is 8.00. The summed E-state index contributed by atoms with van der Waals surface area (Å²) < 4.78 is 16.9. The highest BCUT2D eigenvalue weighted by Gasteiger charge is 2.49. The molecule has 7 N–H and O–H groups in total. The maximum Gasteiger partial charge on any atom is 0.202 e. The molecule has 0 spiro atoms. The van der Waals surface area contributed by atoms with Crippen molar-refractivity contribution in [2.24, 2.45) is 5.73 Å². The Hall–Kier alpha value is -3.10. The molecule has 1 saturated heterocycles. The molecular formula is C27H30ClNO11. The van der Waals surface area contributed by atoms with E-state index >= 15 is 0 Å². The molecule has 0 radical (unpaired) electrons. The molecule has 5 rings (SSSR count). The number of hydrogen-bond acceptors (Lipinski definition) is 12. The Bertz CT molecular complexity index is 1380. The number of rotatable bonds is 5. The van der Waals surface area contributed by atoms with Gasteiger partial charge in [0.25, 0.3) is 0 Å². The van der Waals surface area contributed by atoms with Crippen molar-refractivity contribution in [1.29, 1.82) is 0 Å². The van der Waals surface area contributed by atoms with E-state index in [1.807, 2.05) is 0 Å². The number of nitrogens with two attached hydrogens (primary N) is 1. The summed E-state index contributed by atoms with van der Waals surface area (Å²) in [5.41, 5.74) is 2.48. The van der Waals surface area contributed by atoms with Crippen molar-refractivity contribution in [2.75, 3.05) is 6.79 Å². The largest absolute Gasteiger partial charge is 0.507 e. The van der Waals surface area contributed by atoms with E-state index < -0.39 is 89.4 Å². The van der Waals surface area contributed by atoms with E-state index in [9.17, 15) is 39.9 Å². The molecule has 0 saturated carbocycles. The number of aliphatic hydroxyl groups is 3. The fourth-order valence-electron chi connectivity index (χ4n) is 5.68. The quantitative estimate of drug-likeness (QED) is 0.183. The van der Waals surface area contributed by atoms with Crippen LogP contribution in [0.5, 0.6) is 17.2 Å². The molecule has 216 valence electrons. The van der Waals surface area contributed by atoms with E-state index in [0.29, 0.717) is 0 Å². The van der Waals surface area contributed by atoms with Crippen LogP contribution < -0.4 is 10.5 Å². The van der Waals surface area contributed by atoms with Crippen LogP contribution in [0.1, 0.15) is 75.8 Å². The predicted molar refractivity (Wildman–Crippen MR) is 139 cm³/mol. The third-order valence-corrected chi connectivity index (χ3v) is 7.80. The van der Waals surface area contributed by atoms with E-state index in [-0.39, 0.29) is 53.3 Å². The lowest BCUT2D eigenvalue weighted by atomic mass is 9.72. The molecule has 2 aromatic carbocycles. The van der Waals surface area contributed by atoms with Gasteiger partial charge < -0.3 is 45.5 Å². The summed E-state index contributed by atoms with van der Waals surface area (Å²) in [7, 11) is 0. The van der Waals surface area contributed by atoms with E-state index in [2.05, 4.69) is 0 Å². The van der Waals surface area contributed by atoms with Crippen LogP contribution >= 0.6 is 12.4 Å². The topological polar surface area (TPSA) is 206 Å². The average Bonchev–Trinajstić information content (AvgIpc) is 2.87. The minimum atomic E-state index is -2.03. The van der Waals surface area contributed by atoms with Crippen molar-refractivity contribution in [3.05, 3.63) is 51.6 Å². The number of aromatic hydroxyl groups is 2. The normalized spacial score (nSPS) is 29.1. The number of aliphatic hydroxyl groups excluding tert-OH is 2. The molecule has 4 unspecified atom stereocenters. The predicted octanol–water partition coefficient (Wildman–Crippen LogP) is 0.771. The first-order valence-electron chi connectivity index (χ1n) is 12.4. The molecule has 1 heterocycles. The van der Waals surface area contributed by atoms with Gasteiger partial charge >= 0.3 is 0 Å². The molecule has 40 heavy (non-hydrogen) atoms. The standard InChI is InChI=1S/C27H29NO11.ClH/c1-10-22(31)14(28)6-17(38-10)39-16-8-27(36,11(2)30)7-13-19(16)26(35)21-20(24(13)33)23(32)12-4-3-5-15(37-9-29)18(12)25(21)34;/h3-5,10,14,16-17,22,29,31,33,35-36H,6-9,28H2,1-2H3;1H/t10?,14?,16-,17?,22?,27-;/m0./s1. The molecule has 3 aliphatic rings. The molecule has 13 heteroatoms. The summed E-state index contributed by atoms with van der Waals surface area (Å²) in [5.74, 6) is -3.69. The first kappa shape index (κ1) is 29.9. The number of hydrogen-bond donors (Lipinski definition) is 6. The molecule has 0 aromatic heterocycles. The Labute approximate surface area is 234 Å². The number of phenolic OH excluding ortho intramolecular Hbond substituents is 2. The van der Waals surface area contributed by atoms with E-state index in [0.717, 1.165) is 6.92 Å². The van der Waals surface area contributed by atoms with Crippen molar-refractivity contribution >= 4 is 29.8 Å². The highest BCUT2D eigenvalue weighted by atomic mass is 35.5. The van der Waals surface area contributed by atoms with Gasteiger partial charge in [-0.3, -0.25) is 14.4 Å². The third-order valence-electron chi connectivity index (χ3n) is 7.80. The second kappa shape index (κ2) is 10.7. The zero-order valence-electron chi connectivity index (χ0n) is 21.6. The van der Waals surface area contributed by atoms with Crippen LogP contribution in [-0.4, -0.2) is 79.8 Å².